The molecule has 1 unspecified atom stereocenters. The minimum Gasteiger partial charge on any atom is -0.473 e. The van der Waals surface area contributed by atoms with Gasteiger partial charge in [-0.15, -0.1) is 0 Å². The molecule has 2 atom stereocenters. The van der Waals surface area contributed by atoms with Gasteiger partial charge in [0.15, 0.2) is 0 Å². The molecule has 0 aliphatic rings. The molecular weight excluding hydrogens is 400 g/mol. The first kappa shape index (κ1) is 26.4. The maximum atomic E-state index is 10.5. The molecule has 172 valence electrons. The van der Waals surface area contributed by atoms with Crippen molar-refractivity contribution in [2.45, 2.75) is 57.1 Å². The Morgan fingerprint density at radius 3 is 2.19 bits per heavy atom. The maximum absolute atomic E-state index is 10.5. The highest BCUT2D eigenvalue weighted by atomic mass is 16.4. The first-order chi connectivity index (χ1) is 14.6. The normalized spacial score (nSPS) is 13.6. The lowest BCUT2D eigenvalue weighted by atomic mass is 9.97. The molecule has 8 heteroatoms. The highest BCUT2D eigenvalue weighted by Gasteiger charge is 2.19. The summed E-state index contributed by atoms with van der Waals surface area (Å²) >= 11 is 0. The second-order valence-electron chi connectivity index (χ2n) is 7.98. The van der Waals surface area contributed by atoms with Crippen molar-refractivity contribution in [3.63, 3.8) is 0 Å². The van der Waals surface area contributed by atoms with Gasteiger partial charge in [-0.25, -0.2) is 9.59 Å². The Balaban J connectivity index is 0.000000703. The van der Waals surface area contributed by atoms with Gasteiger partial charge in [0.25, 0.3) is 0 Å². The highest BCUT2D eigenvalue weighted by molar-refractivity contribution is 6.27. The van der Waals surface area contributed by atoms with Crippen LogP contribution < -0.4 is 5.73 Å². The Hall–Kier alpha value is -2.68. The standard InChI is InChI=1S/C21H32N2O2.C2H2O4/c1-21(22,16-24)15-14-18-12-13-19(23(18)2)20(25)11-7-6-10-17-8-4-3-5-9-17;3-1(4)2(5)6/h3-5,8-9,12-13,20,24-25H,6-7,10-11,14-16,22H2,1-2H3;(H,3,4)(H,5,6)/t20?,21-;/m1./s1. The first-order valence-corrected chi connectivity index (χ1v) is 10.3. The Kier molecular flexibility index (Phi) is 11.0. The number of rotatable bonds is 10. The van der Waals surface area contributed by atoms with E-state index in [-0.39, 0.29) is 6.61 Å². The number of aromatic nitrogens is 1. The van der Waals surface area contributed by atoms with Gasteiger partial charge < -0.3 is 30.7 Å². The molecule has 0 bridgehead atoms. The molecule has 2 rings (SSSR count). The zero-order valence-corrected chi connectivity index (χ0v) is 18.2. The van der Waals surface area contributed by atoms with E-state index in [1.165, 1.54) is 5.56 Å². The summed E-state index contributed by atoms with van der Waals surface area (Å²) < 4.78 is 2.06. The number of aliphatic hydroxyl groups is 2. The molecular formula is C23H34N2O6. The van der Waals surface area contributed by atoms with Crippen molar-refractivity contribution in [1.82, 2.24) is 4.57 Å². The third kappa shape index (κ3) is 9.78. The third-order valence-electron chi connectivity index (χ3n) is 5.14. The Labute approximate surface area is 182 Å². The van der Waals surface area contributed by atoms with Crippen molar-refractivity contribution in [2.75, 3.05) is 6.61 Å². The highest BCUT2D eigenvalue weighted by Crippen LogP contribution is 2.23. The van der Waals surface area contributed by atoms with Crippen LogP contribution in [0.1, 0.15) is 55.7 Å². The number of aliphatic carboxylic acids is 2. The monoisotopic (exact) mass is 434 g/mol. The summed E-state index contributed by atoms with van der Waals surface area (Å²) in [6.45, 7) is 1.84. The fraction of sp³-hybridized carbons (Fsp3) is 0.478. The van der Waals surface area contributed by atoms with Crippen LogP contribution in [0.2, 0.25) is 0 Å². The Bertz CT molecular complexity index is 805. The van der Waals surface area contributed by atoms with E-state index in [0.717, 1.165) is 43.5 Å². The summed E-state index contributed by atoms with van der Waals surface area (Å²) in [4.78, 5) is 18.2. The number of carboxylic acid groups (broad SMARTS) is 2. The van der Waals surface area contributed by atoms with E-state index in [1.54, 1.807) is 0 Å². The second kappa shape index (κ2) is 12.9. The van der Waals surface area contributed by atoms with Crippen LogP contribution in [0.15, 0.2) is 42.5 Å². The van der Waals surface area contributed by atoms with E-state index in [0.29, 0.717) is 6.42 Å². The molecule has 0 aliphatic carbocycles. The predicted octanol–water partition coefficient (Wildman–Crippen LogP) is 2.27. The molecule has 0 radical (unpaired) electrons. The third-order valence-corrected chi connectivity index (χ3v) is 5.14. The van der Waals surface area contributed by atoms with Crippen molar-refractivity contribution >= 4 is 11.9 Å². The van der Waals surface area contributed by atoms with Gasteiger partial charge in [-0.2, -0.15) is 0 Å². The molecule has 8 nitrogen and oxygen atoms in total. The molecule has 1 aromatic carbocycles. The second-order valence-corrected chi connectivity index (χ2v) is 7.98. The molecule has 0 fully saturated rings. The fourth-order valence-corrected chi connectivity index (χ4v) is 3.11. The predicted molar refractivity (Wildman–Crippen MR) is 118 cm³/mol. The molecule has 0 aliphatic heterocycles. The number of hydrogen-bond donors (Lipinski definition) is 5. The van der Waals surface area contributed by atoms with Crippen LogP contribution in [0.25, 0.3) is 0 Å². The zero-order valence-electron chi connectivity index (χ0n) is 18.2. The smallest absolute Gasteiger partial charge is 0.414 e. The number of hydrogen-bond acceptors (Lipinski definition) is 5. The number of carboxylic acids is 2. The minimum absolute atomic E-state index is 0.0195. The number of nitrogens with zero attached hydrogens (tertiary/aromatic N) is 1. The number of aryl methyl sites for hydroxylation is 2. The van der Waals surface area contributed by atoms with Crippen molar-refractivity contribution in [3.8, 4) is 0 Å². The molecule has 0 spiro atoms. The summed E-state index contributed by atoms with van der Waals surface area (Å²) in [5, 5.41) is 34.5. The molecule has 1 heterocycles. The fourth-order valence-electron chi connectivity index (χ4n) is 3.11. The van der Waals surface area contributed by atoms with Crippen LogP contribution in [-0.4, -0.2) is 49.1 Å². The lowest BCUT2D eigenvalue weighted by Gasteiger charge is -2.22. The van der Waals surface area contributed by atoms with Gasteiger partial charge >= 0.3 is 11.9 Å². The van der Waals surface area contributed by atoms with Crippen LogP contribution in [-0.2, 0) is 29.5 Å². The lowest BCUT2D eigenvalue weighted by Crippen LogP contribution is -2.40. The summed E-state index contributed by atoms with van der Waals surface area (Å²) in [6.07, 6.45) is 5.00. The van der Waals surface area contributed by atoms with E-state index >= 15 is 0 Å². The number of benzene rings is 1. The van der Waals surface area contributed by atoms with E-state index in [2.05, 4.69) is 34.9 Å². The van der Waals surface area contributed by atoms with Gasteiger partial charge in [0, 0.05) is 24.0 Å². The summed E-state index contributed by atoms with van der Waals surface area (Å²) in [5.74, 6) is -3.65. The van der Waals surface area contributed by atoms with E-state index in [1.807, 2.05) is 26.1 Å². The molecule has 1 aromatic heterocycles. The van der Waals surface area contributed by atoms with Crippen molar-refractivity contribution in [2.24, 2.45) is 12.8 Å². The number of nitrogens with two attached hydrogens (primary N) is 1. The molecule has 0 amide bonds. The number of unbranched alkanes of at least 4 members (excludes halogenated alkanes) is 1. The number of carbonyl (C=O) groups is 2. The maximum Gasteiger partial charge on any atom is 0.414 e. The lowest BCUT2D eigenvalue weighted by molar-refractivity contribution is -0.159. The zero-order chi connectivity index (χ0) is 23.4. The summed E-state index contributed by atoms with van der Waals surface area (Å²) in [6, 6.07) is 14.5. The minimum atomic E-state index is -1.82. The van der Waals surface area contributed by atoms with Gasteiger partial charge in [-0.3, -0.25) is 0 Å². The molecule has 31 heavy (non-hydrogen) atoms. The summed E-state index contributed by atoms with van der Waals surface area (Å²) in [7, 11) is 1.99. The van der Waals surface area contributed by atoms with Crippen LogP contribution in [0.4, 0.5) is 0 Å². The van der Waals surface area contributed by atoms with E-state index < -0.39 is 23.6 Å². The van der Waals surface area contributed by atoms with Gasteiger partial charge in [-0.1, -0.05) is 36.8 Å². The molecule has 0 saturated carbocycles. The summed E-state index contributed by atoms with van der Waals surface area (Å²) in [5.41, 5.74) is 8.90. The van der Waals surface area contributed by atoms with E-state index in [4.69, 9.17) is 25.5 Å². The number of aliphatic hydroxyl groups excluding tert-OH is 2. The van der Waals surface area contributed by atoms with Crippen LogP contribution in [0.3, 0.4) is 0 Å². The van der Waals surface area contributed by atoms with Gasteiger partial charge in [0.2, 0.25) is 0 Å². The van der Waals surface area contributed by atoms with Gasteiger partial charge in [0.05, 0.1) is 12.7 Å². The van der Waals surface area contributed by atoms with Crippen molar-refractivity contribution in [1.29, 1.82) is 0 Å². The molecule has 2 aromatic rings. The largest absolute Gasteiger partial charge is 0.473 e. The molecule has 0 saturated heterocycles. The van der Waals surface area contributed by atoms with E-state index in [9.17, 15) is 10.2 Å². The average Bonchev–Trinajstić information content (AvgIpc) is 3.11. The average molecular weight is 435 g/mol. The van der Waals surface area contributed by atoms with Gasteiger partial charge in [0.1, 0.15) is 0 Å². The Morgan fingerprint density at radius 2 is 1.65 bits per heavy atom. The molecule has 6 N–H and O–H groups in total. The van der Waals surface area contributed by atoms with Crippen LogP contribution in [0.5, 0.6) is 0 Å². The van der Waals surface area contributed by atoms with Crippen molar-refractivity contribution in [3.05, 3.63) is 59.4 Å². The van der Waals surface area contributed by atoms with Crippen LogP contribution in [0, 0.1) is 0 Å². The topological polar surface area (TPSA) is 146 Å². The van der Waals surface area contributed by atoms with Crippen LogP contribution >= 0.6 is 0 Å². The SMILES string of the molecule is Cn1c(CC[C@@](C)(N)CO)ccc1C(O)CCCCc1ccccc1.O=C(O)C(=O)O. The Morgan fingerprint density at radius 1 is 1.03 bits per heavy atom. The van der Waals surface area contributed by atoms with Gasteiger partial charge in [-0.05, 0) is 56.7 Å². The quantitative estimate of drug-likeness (QED) is 0.285. The first-order valence-electron chi connectivity index (χ1n) is 10.3. The van der Waals surface area contributed by atoms with Crippen molar-refractivity contribution < 1.29 is 30.0 Å².